The van der Waals surface area contributed by atoms with Gasteiger partial charge in [-0.2, -0.15) is 9.97 Å². The molecule has 21 nitrogen and oxygen atoms in total. The molecule has 0 amide bonds. The molecule has 0 bridgehead atoms. The maximum absolute atomic E-state index is 11.0. The third-order valence-corrected chi connectivity index (χ3v) is 4.89. The predicted molar refractivity (Wildman–Crippen MR) is 146 cm³/mol. The van der Waals surface area contributed by atoms with E-state index in [0.717, 1.165) is 0 Å². The number of imidazole rings is 3. The molecule has 21 heteroatoms. The standard InChI is InChI=1S/2C5H5N5O.C5H5N5.C5H6N2O2/c2*6-5-9-3-2(4(11)10-5)7-1-8-3;6-4-3-5(9-1-7-3)10-2-8-4;1-3-2-6-5(9)7-4(3)8/h2*1H,(H4,6,7,8,9,10,11);1-2H,(H3,6,7,8,9,10);2H,1H3,(H2,6,7,8,9). The van der Waals surface area contributed by atoms with Crippen LogP contribution in [0.2, 0.25) is 0 Å². The first-order valence-electron chi connectivity index (χ1n) is 11.2. The van der Waals surface area contributed by atoms with E-state index < -0.39 is 5.69 Å². The minimum absolute atomic E-state index is 0.0783. The van der Waals surface area contributed by atoms with E-state index in [-0.39, 0.29) is 28.6 Å². The predicted octanol–water partition coefficient (Wildman–Crippen LogP) is -2.24. The van der Waals surface area contributed by atoms with Crippen molar-refractivity contribution in [2.24, 2.45) is 0 Å². The number of anilines is 3. The Morgan fingerprint density at radius 1 is 0.585 bits per heavy atom. The van der Waals surface area contributed by atoms with Crippen molar-refractivity contribution in [1.82, 2.24) is 69.8 Å². The molecule has 7 aromatic rings. The Kier molecular flexibility index (Phi) is 7.88. The first-order chi connectivity index (χ1) is 19.6. The third-order valence-electron chi connectivity index (χ3n) is 4.89. The van der Waals surface area contributed by atoms with Crippen LogP contribution in [0.3, 0.4) is 0 Å². The molecule has 0 radical (unpaired) electrons. The number of fused-ring (bicyclic) bond motifs is 3. The number of nitrogens with two attached hydrogens (primary N) is 3. The summed E-state index contributed by atoms with van der Waals surface area (Å²) in [6.07, 6.45) is 7.09. The van der Waals surface area contributed by atoms with Gasteiger partial charge in [-0.15, -0.1) is 0 Å². The Morgan fingerprint density at radius 3 is 1.59 bits per heavy atom. The SMILES string of the molecule is Cc1c[nH]c(=O)[nH]c1=O.Nc1nc2nc[nH]c2c(=O)[nH]1.Nc1nc2nc[nH]c2c(=O)[nH]1.Nc1ncnc2nc[nH]c12. The van der Waals surface area contributed by atoms with Crippen LogP contribution in [0.4, 0.5) is 17.7 Å². The van der Waals surface area contributed by atoms with Crippen LogP contribution in [-0.4, -0.2) is 69.8 Å². The van der Waals surface area contributed by atoms with Crippen molar-refractivity contribution < 1.29 is 0 Å². The van der Waals surface area contributed by atoms with E-state index in [9.17, 15) is 19.2 Å². The molecule has 0 aliphatic carbocycles. The maximum atomic E-state index is 11.0. The summed E-state index contributed by atoms with van der Waals surface area (Å²) in [6.45, 7) is 1.62. The van der Waals surface area contributed by atoms with Gasteiger partial charge in [-0.3, -0.25) is 29.3 Å². The molecule has 0 aromatic carbocycles. The fourth-order valence-corrected chi connectivity index (χ4v) is 2.98. The molecule has 7 heterocycles. The Bertz CT molecular complexity index is 2080. The highest BCUT2D eigenvalue weighted by Crippen LogP contribution is 2.09. The third kappa shape index (κ3) is 6.61. The average molecular weight is 564 g/mol. The number of aryl methyl sites for hydroxylation is 1. The molecular weight excluding hydrogens is 542 g/mol. The quantitative estimate of drug-likeness (QED) is 0.0932. The molecule has 0 spiro atoms. The normalized spacial score (nSPS) is 10.3. The van der Waals surface area contributed by atoms with Crippen molar-refractivity contribution >= 4 is 51.2 Å². The lowest BCUT2D eigenvalue weighted by atomic mass is 10.4. The van der Waals surface area contributed by atoms with E-state index in [1.807, 2.05) is 0 Å². The lowest BCUT2D eigenvalue weighted by molar-refractivity contribution is 1.01. The maximum Gasteiger partial charge on any atom is 0.325 e. The Balaban J connectivity index is 0.000000126. The molecule has 0 atom stereocenters. The van der Waals surface area contributed by atoms with Crippen molar-refractivity contribution in [3.05, 3.63) is 78.6 Å². The number of nitrogens with one attached hydrogen (secondary N) is 7. The smallest absolute Gasteiger partial charge is 0.325 e. The van der Waals surface area contributed by atoms with E-state index in [2.05, 4.69) is 69.8 Å². The zero-order valence-electron chi connectivity index (χ0n) is 20.9. The minimum atomic E-state index is -0.467. The van der Waals surface area contributed by atoms with Crippen LogP contribution in [0.5, 0.6) is 0 Å². The molecule has 210 valence electrons. The summed E-state index contributed by atoms with van der Waals surface area (Å²) in [6, 6.07) is 0. The van der Waals surface area contributed by atoms with Gasteiger partial charge in [-0.05, 0) is 6.92 Å². The van der Waals surface area contributed by atoms with Gasteiger partial charge in [0.25, 0.3) is 16.7 Å². The monoisotopic (exact) mass is 563 g/mol. The molecule has 0 unspecified atom stereocenters. The summed E-state index contributed by atoms with van der Waals surface area (Å²) in [5.41, 5.74) is 17.8. The number of H-pyrrole nitrogens is 7. The number of rotatable bonds is 0. The lowest BCUT2D eigenvalue weighted by Crippen LogP contribution is -2.22. The summed E-state index contributed by atoms with van der Waals surface area (Å²) in [7, 11) is 0. The number of nitrogens with zero attached hydrogens (tertiary/aromatic N) is 7. The highest BCUT2D eigenvalue weighted by molar-refractivity contribution is 5.80. The van der Waals surface area contributed by atoms with Gasteiger partial charge in [-0.1, -0.05) is 0 Å². The topological polar surface area (TPSA) is 347 Å². The molecule has 0 aliphatic heterocycles. The number of hydrogen-bond acceptors (Lipinski definition) is 14. The molecule has 0 fully saturated rings. The summed E-state index contributed by atoms with van der Waals surface area (Å²) in [5.74, 6) is 0.590. The van der Waals surface area contributed by atoms with E-state index in [4.69, 9.17) is 17.2 Å². The Morgan fingerprint density at radius 2 is 1.10 bits per heavy atom. The van der Waals surface area contributed by atoms with Crippen molar-refractivity contribution in [3.8, 4) is 0 Å². The number of nitrogen functional groups attached to an aromatic ring is 3. The van der Waals surface area contributed by atoms with Crippen molar-refractivity contribution in [2.45, 2.75) is 6.92 Å². The van der Waals surface area contributed by atoms with E-state index in [1.165, 1.54) is 31.5 Å². The zero-order valence-corrected chi connectivity index (χ0v) is 20.9. The van der Waals surface area contributed by atoms with Crippen molar-refractivity contribution in [1.29, 1.82) is 0 Å². The largest absolute Gasteiger partial charge is 0.382 e. The summed E-state index contributed by atoms with van der Waals surface area (Å²) < 4.78 is 0. The highest BCUT2D eigenvalue weighted by Gasteiger charge is 2.03. The van der Waals surface area contributed by atoms with E-state index in [0.29, 0.717) is 44.9 Å². The van der Waals surface area contributed by atoms with Crippen LogP contribution >= 0.6 is 0 Å². The van der Waals surface area contributed by atoms with Crippen molar-refractivity contribution in [3.63, 3.8) is 0 Å². The van der Waals surface area contributed by atoms with Gasteiger partial charge in [0.1, 0.15) is 11.8 Å². The first-order valence-corrected chi connectivity index (χ1v) is 11.2. The molecule has 41 heavy (non-hydrogen) atoms. The van der Waals surface area contributed by atoms with Gasteiger partial charge < -0.3 is 37.1 Å². The van der Waals surface area contributed by atoms with Crippen LogP contribution < -0.4 is 39.6 Å². The van der Waals surface area contributed by atoms with Gasteiger partial charge in [-0.25, -0.2) is 29.7 Å². The van der Waals surface area contributed by atoms with Crippen LogP contribution in [0, 0.1) is 6.92 Å². The lowest BCUT2D eigenvalue weighted by Gasteiger charge is -1.89. The zero-order chi connectivity index (χ0) is 29.5. The molecule has 0 saturated heterocycles. The summed E-state index contributed by atoms with van der Waals surface area (Å²) in [5, 5.41) is 0. The molecular formula is C20H21N17O4. The fourth-order valence-electron chi connectivity index (χ4n) is 2.98. The molecule has 13 N–H and O–H groups in total. The van der Waals surface area contributed by atoms with Crippen LogP contribution in [0.1, 0.15) is 5.56 Å². The van der Waals surface area contributed by atoms with Gasteiger partial charge in [0.2, 0.25) is 11.9 Å². The molecule has 0 saturated carbocycles. The second-order valence-electron chi connectivity index (χ2n) is 7.72. The number of aromatic amines is 7. The number of hydrogen-bond donors (Lipinski definition) is 10. The Labute approximate surface area is 224 Å². The second kappa shape index (κ2) is 11.8. The molecule has 7 rings (SSSR count). The average Bonchev–Trinajstić information content (AvgIpc) is 3.69. The first kappa shape index (κ1) is 27.4. The minimum Gasteiger partial charge on any atom is -0.382 e. The number of aromatic nitrogens is 14. The summed E-state index contributed by atoms with van der Waals surface area (Å²) in [4.78, 5) is 86.8. The van der Waals surface area contributed by atoms with Crippen molar-refractivity contribution in [2.75, 3.05) is 17.2 Å². The van der Waals surface area contributed by atoms with Gasteiger partial charge in [0, 0.05) is 11.8 Å². The van der Waals surface area contributed by atoms with Crippen LogP contribution in [0.25, 0.3) is 33.5 Å². The van der Waals surface area contributed by atoms with Gasteiger partial charge in [0.05, 0.1) is 19.0 Å². The van der Waals surface area contributed by atoms with Gasteiger partial charge >= 0.3 is 5.69 Å². The van der Waals surface area contributed by atoms with Crippen LogP contribution in [-0.2, 0) is 0 Å². The Hall–Kier alpha value is -6.67. The highest BCUT2D eigenvalue weighted by atomic mass is 16.2. The molecule has 0 aliphatic rings. The van der Waals surface area contributed by atoms with E-state index in [1.54, 1.807) is 6.92 Å². The molecule has 7 aromatic heterocycles. The van der Waals surface area contributed by atoms with Gasteiger partial charge in [0.15, 0.2) is 33.8 Å². The van der Waals surface area contributed by atoms with Crippen LogP contribution in [0.15, 0.2) is 50.7 Å². The summed E-state index contributed by atoms with van der Waals surface area (Å²) >= 11 is 0. The second-order valence-corrected chi connectivity index (χ2v) is 7.72. The fraction of sp³-hybridized carbons (Fsp3) is 0.0500. The van der Waals surface area contributed by atoms with E-state index >= 15 is 0 Å².